The molecule has 0 bridgehead atoms. The normalized spacial score (nSPS) is 13.2. The molecule has 4 rings (SSSR count). The largest absolute Gasteiger partial charge is 0.497 e. The van der Waals surface area contributed by atoms with Crippen molar-refractivity contribution in [3.8, 4) is 17.3 Å². The number of rotatable bonds is 8. The molecule has 9 nitrogen and oxygen atoms in total. The van der Waals surface area contributed by atoms with Crippen molar-refractivity contribution in [2.24, 2.45) is 0 Å². The Balaban J connectivity index is 1.59. The van der Waals surface area contributed by atoms with Gasteiger partial charge in [0.05, 0.1) is 26.5 Å². The maximum Gasteiger partial charge on any atom is 0.277 e. The third-order valence-corrected chi connectivity index (χ3v) is 6.68. The van der Waals surface area contributed by atoms with Crippen molar-refractivity contribution >= 4 is 23.2 Å². The van der Waals surface area contributed by atoms with Gasteiger partial charge in [0.15, 0.2) is 0 Å². The first kappa shape index (κ1) is 25.2. The molecule has 1 aromatic heterocycles. The van der Waals surface area contributed by atoms with Crippen LogP contribution in [0.4, 0.5) is 11.4 Å². The second-order valence-corrected chi connectivity index (χ2v) is 9.13. The fourth-order valence-electron chi connectivity index (χ4n) is 4.15. The molecule has 36 heavy (non-hydrogen) atoms. The molecule has 0 unspecified atom stereocenters. The Bertz CT molecular complexity index is 1230. The van der Waals surface area contributed by atoms with Crippen molar-refractivity contribution in [3.05, 3.63) is 59.8 Å². The summed E-state index contributed by atoms with van der Waals surface area (Å²) in [5, 5.41) is 4.57. The molecule has 0 atom stereocenters. The zero-order valence-corrected chi connectivity index (χ0v) is 21.7. The van der Waals surface area contributed by atoms with Crippen molar-refractivity contribution in [2.75, 3.05) is 51.2 Å². The van der Waals surface area contributed by atoms with Crippen LogP contribution in [0.1, 0.15) is 29.9 Å². The van der Waals surface area contributed by atoms with Gasteiger partial charge in [-0.05, 0) is 75.8 Å². The Kier molecular flexibility index (Phi) is 7.30. The van der Waals surface area contributed by atoms with Crippen LogP contribution in [0.25, 0.3) is 5.69 Å². The summed E-state index contributed by atoms with van der Waals surface area (Å²) in [6.07, 6.45) is 0.613. The highest BCUT2D eigenvalue weighted by molar-refractivity contribution is 6.08. The first-order valence-electron chi connectivity index (χ1n) is 11.9. The van der Waals surface area contributed by atoms with E-state index in [2.05, 4.69) is 18.9 Å². The van der Waals surface area contributed by atoms with E-state index in [1.54, 1.807) is 35.7 Å². The fourth-order valence-corrected chi connectivity index (χ4v) is 4.15. The zero-order valence-electron chi connectivity index (χ0n) is 21.7. The van der Waals surface area contributed by atoms with Crippen molar-refractivity contribution in [1.29, 1.82) is 0 Å². The lowest BCUT2D eigenvalue weighted by Gasteiger charge is -2.28. The van der Waals surface area contributed by atoms with Crippen LogP contribution in [0.2, 0.25) is 0 Å². The molecule has 2 amide bonds. The van der Waals surface area contributed by atoms with E-state index >= 15 is 0 Å². The topological polar surface area (TPSA) is 80.1 Å². The van der Waals surface area contributed by atoms with Crippen LogP contribution in [-0.2, 0) is 11.2 Å². The summed E-state index contributed by atoms with van der Waals surface area (Å²) in [4.78, 5) is 31.7. The van der Waals surface area contributed by atoms with Crippen LogP contribution in [-0.4, -0.2) is 73.9 Å². The molecular formula is C27H33N5O4. The Labute approximate surface area is 211 Å². The molecule has 3 aromatic rings. The number of hydrogen-bond acceptors (Lipinski definition) is 6. The van der Waals surface area contributed by atoms with Crippen LogP contribution in [0.5, 0.6) is 11.6 Å². The molecule has 9 heteroatoms. The number of carbonyl (C=O) groups excluding carboxylic acids is 2. The van der Waals surface area contributed by atoms with Gasteiger partial charge in [0, 0.05) is 36.6 Å². The number of hydrogen-bond donors (Lipinski definition) is 0. The number of amides is 2. The number of benzene rings is 2. The predicted molar refractivity (Wildman–Crippen MR) is 140 cm³/mol. The maximum atomic E-state index is 13.7. The number of nitrogens with zero attached hydrogens (tertiary/aromatic N) is 5. The summed E-state index contributed by atoms with van der Waals surface area (Å²) in [6.45, 7) is 4.95. The van der Waals surface area contributed by atoms with Crippen LogP contribution < -0.4 is 19.3 Å². The fraction of sp³-hybridized carbons (Fsp3) is 0.370. The first-order chi connectivity index (χ1) is 17.2. The average Bonchev–Trinajstić information content (AvgIpc) is 3.28. The summed E-state index contributed by atoms with van der Waals surface area (Å²) in [6, 6.07) is 15.1. The van der Waals surface area contributed by atoms with Gasteiger partial charge in [0.1, 0.15) is 11.4 Å². The van der Waals surface area contributed by atoms with Crippen LogP contribution in [0.3, 0.4) is 0 Å². The van der Waals surface area contributed by atoms with Gasteiger partial charge in [-0.1, -0.05) is 0 Å². The Morgan fingerprint density at radius 1 is 1.00 bits per heavy atom. The minimum Gasteiger partial charge on any atom is -0.497 e. The van der Waals surface area contributed by atoms with Gasteiger partial charge < -0.3 is 19.3 Å². The van der Waals surface area contributed by atoms with Crippen LogP contribution in [0, 0.1) is 0 Å². The lowest BCUT2D eigenvalue weighted by atomic mass is 10.0. The number of aromatic nitrogens is 2. The first-order valence-corrected chi connectivity index (χ1v) is 11.9. The average molecular weight is 492 g/mol. The Morgan fingerprint density at radius 3 is 2.22 bits per heavy atom. The van der Waals surface area contributed by atoms with Gasteiger partial charge in [-0.25, -0.2) is 4.68 Å². The molecule has 2 heterocycles. The molecule has 0 spiro atoms. The number of ether oxygens (including phenoxy) is 2. The quantitative estimate of drug-likeness (QED) is 0.481. The number of carbonyl (C=O) groups is 2. The molecule has 0 N–H and O–H groups in total. The van der Waals surface area contributed by atoms with E-state index in [0.29, 0.717) is 31.1 Å². The molecule has 1 aliphatic heterocycles. The summed E-state index contributed by atoms with van der Waals surface area (Å²) in [7, 11) is 6.87. The summed E-state index contributed by atoms with van der Waals surface area (Å²) < 4.78 is 12.4. The van der Waals surface area contributed by atoms with E-state index in [-0.39, 0.29) is 17.9 Å². The Morgan fingerprint density at radius 2 is 1.64 bits per heavy atom. The molecule has 1 aliphatic rings. The van der Waals surface area contributed by atoms with Gasteiger partial charge >= 0.3 is 0 Å². The monoisotopic (exact) mass is 491 g/mol. The molecule has 190 valence electrons. The van der Waals surface area contributed by atoms with Gasteiger partial charge in [-0.2, -0.15) is 0 Å². The summed E-state index contributed by atoms with van der Waals surface area (Å²) in [5.41, 5.74) is 3.56. The van der Waals surface area contributed by atoms with E-state index in [1.807, 2.05) is 60.5 Å². The lowest BCUT2D eigenvalue weighted by molar-refractivity contribution is -0.119. The smallest absolute Gasteiger partial charge is 0.277 e. The molecular weight excluding hydrogens is 458 g/mol. The molecule has 0 radical (unpaired) electrons. The van der Waals surface area contributed by atoms with E-state index in [9.17, 15) is 9.59 Å². The van der Waals surface area contributed by atoms with E-state index in [0.717, 1.165) is 28.4 Å². The Hall–Kier alpha value is -3.85. The van der Waals surface area contributed by atoms with Crippen molar-refractivity contribution < 1.29 is 19.1 Å². The maximum absolute atomic E-state index is 13.7. The molecule has 0 fully saturated rings. The molecule has 0 saturated carbocycles. The van der Waals surface area contributed by atoms with Gasteiger partial charge in [-0.15, -0.1) is 5.10 Å². The minimum absolute atomic E-state index is 0.00753. The number of methoxy groups -OCH3 is 2. The van der Waals surface area contributed by atoms with E-state index < -0.39 is 0 Å². The van der Waals surface area contributed by atoms with E-state index in [1.165, 1.54) is 0 Å². The highest BCUT2D eigenvalue weighted by Gasteiger charge is 2.34. The van der Waals surface area contributed by atoms with Gasteiger partial charge in [-0.3, -0.25) is 14.5 Å². The summed E-state index contributed by atoms with van der Waals surface area (Å²) in [5.74, 6) is 1.03. The zero-order chi connectivity index (χ0) is 26.0. The number of fused-ring (bicyclic) bond motifs is 1. The molecule has 0 saturated heterocycles. The standard InChI is InChI=1S/C27H33N5O4/c1-18(2)29(3)17-24(33)30(4)19-7-9-20(10-8-19)31-16-15-23-25(27(31)34)32(28-26(23)36-6)21-11-13-22(35-5)14-12-21/h7-14,18H,15-17H2,1-6H3. The van der Waals surface area contributed by atoms with Crippen molar-refractivity contribution in [3.63, 3.8) is 0 Å². The van der Waals surface area contributed by atoms with Crippen molar-refractivity contribution in [1.82, 2.24) is 14.7 Å². The predicted octanol–water partition coefficient (Wildman–Crippen LogP) is 3.40. The van der Waals surface area contributed by atoms with E-state index in [4.69, 9.17) is 9.47 Å². The number of likely N-dealkylation sites (N-methyl/N-ethyl adjacent to an activating group) is 2. The third-order valence-electron chi connectivity index (χ3n) is 6.68. The summed E-state index contributed by atoms with van der Waals surface area (Å²) >= 11 is 0. The van der Waals surface area contributed by atoms with Gasteiger partial charge in [0.2, 0.25) is 11.8 Å². The lowest BCUT2D eigenvalue weighted by Crippen LogP contribution is -2.40. The van der Waals surface area contributed by atoms with Crippen LogP contribution in [0.15, 0.2) is 48.5 Å². The van der Waals surface area contributed by atoms with Crippen LogP contribution >= 0.6 is 0 Å². The third kappa shape index (κ3) is 4.79. The minimum atomic E-state index is -0.154. The SMILES string of the molecule is COc1ccc(-n2nc(OC)c3c2C(=O)N(c2ccc(N(C)C(=O)CN(C)C(C)C)cc2)CC3)cc1. The molecule has 2 aromatic carbocycles. The highest BCUT2D eigenvalue weighted by Crippen LogP contribution is 2.33. The van der Waals surface area contributed by atoms with Gasteiger partial charge in [0.25, 0.3) is 5.91 Å². The second-order valence-electron chi connectivity index (χ2n) is 9.13. The van der Waals surface area contributed by atoms with Crippen molar-refractivity contribution in [2.45, 2.75) is 26.3 Å². The second kappa shape index (κ2) is 10.4. The number of anilines is 2. The molecule has 0 aliphatic carbocycles. The highest BCUT2D eigenvalue weighted by atomic mass is 16.5.